The Morgan fingerprint density at radius 1 is 1.73 bits per heavy atom. The van der Waals surface area contributed by atoms with Crippen molar-refractivity contribution < 1.29 is 9.66 Å². The summed E-state index contributed by atoms with van der Waals surface area (Å²) in [6.07, 6.45) is 4.46. The highest BCUT2D eigenvalue weighted by Gasteiger charge is 2.14. The number of ether oxygens (including phenoxy) is 1. The summed E-state index contributed by atoms with van der Waals surface area (Å²) in [4.78, 5) is 9.55. The third-order valence-electron chi connectivity index (χ3n) is 2.35. The maximum Gasteiger partial charge on any atom is 0.251 e. The molecule has 1 heterocycles. The van der Waals surface area contributed by atoms with Gasteiger partial charge in [0, 0.05) is 26.8 Å². The van der Waals surface area contributed by atoms with E-state index in [9.17, 15) is 10.1 Å². The van der Waals surface area contributed by atoms with Gasteiger partial charge in [0.25, 0.3) is 6.20 Å². The highest BCUT2D eigenvalue weighted by atomic mass is 16.6. The summed E-state index contributed by atoms with van der Waals surface area (Å²) >= 11 is 0. The minimum Gasteiger partial charge on any atom is -0.381 e. The summed E-state index contributed by atoms with van der Waals surface area (Å²) < 4.78 is 5.25. The van der Waals surface area contributed by atoms with Gasteiger partial charge in [0.15, 0.2) is 0 Å². The molecule has 86 valence electrons. The van der Waals surface area contributed by atoms with Crippen molar-refractivity contribution in [2.24, 2.45) is 5.92 Å². The molecule has 6 heteroatoms. The van der Waals surface area contributed by atoms with Crippen LogP contribution >= 0.6 is 0 Å². The predicted molar refractivity (Wildman–Crippen MR) is 55.4 cm³/mol. The minimum absolute atomic E-state index is 0.483. The Labute approximate surface area is 89.0 Å². The molecule has 1 aliphatic heterocycles. The first-order chi connectivity index (χ1) is 7.18. The lowest BCUT2D eigenvalue weighted by Crippen LogP contribution is -2.31. The molecule has 6 nitrogen and oxygen atoms in total. The fraction of sp³-hybridized carbons (Fsp3) is 0.778. The normalized spacial score (nSPS) is 21.0. The number of hydrogen-bond acceptors (Lipinski definition) is 5. The number of hydrogen-bond donors (Lipinski definition) is 1. The summed E-state index contributed by atoms with van der Waals surface area (Å²) in [5.41, 5.74) is 3.05. The summed E-state index contributed by atoms with van der Waals surface area (Å²) in [6.45, 7) is 2.52. The maximum atomic E-state index is 10.0. The lowest BCUT2D eigenvalue weighted by atomic mass is 10.1. The van der Waals surface area contributed by atoms with Crippen molar-refractivity contribution in [3.8, 4) is 0 Å². The smallest absolute Gasteiger partial charge is 0.251 e. The van der Waals surface area contributed by atoms with E-state index in [0.29, 0.717) is 5.92 Å². The van der Waals surface area contributed by atoms with Crippen molar-refractivity contribution in [3.05, 3.63) is 22.5 Å². The van der Waals surface area contributed by atoms with Crippen LogP contribution in [0.5, 0.6) is 0 Å². The lowest BCUT2D eigenvalue weighted by molar-refractivity contribution is -0.403. The van der Waals surface area contributed by atoms with E-state index in [4.69, 9.17) is 4.74 Å². The van der Waals surface area contributed by atoms with E-state index < -0.39 is 4.92 Å². The molecule has 0 aliphatic carbocycles. The van der Waals surface area contributed by atoms with Gasteiger partial charge in [-0.2, -0.15) is 0 Å². The summed E-state index contributed by atoms with van der Waals surface area (Å²) in [5.74, 6) is 0.630. The van der Waals surface area contributed by atoms with Crippen LogP contribution in [0.1, 0.15) is 12.8 Å². The third kappa shape index (κ3) is 5.34. The molecule has 0 aromatic rings. The minimum atomic E-state index is -0.483. The molecule has 1 unspecified atom stereocenters. The molecule has 0 spiro atoms. The number of nitrogens with zero attached hydrogens (tertiary/aromatic N) is 2. The van der Waals surface area contributed by atoms with Gasteiger partial charge in [-0.1, -0.05) is 0 Å². The molecule has 15 heavy (non-hydrogen) atoms. The molecular formula is C9H17N3O3. The largest absolute Gasteiger partial charge is 0.381 e. The van der Waals surface area contributed by atoms with E-state index in [-0.39, 0.29) is 0 Å². The van der Waals surface area contributed by atoms with E-state index in [1.807, 2.05) is 0 Å². The Balaban J connectivity index is 2.05. The monoisotopic (exact) mass is 215 g/mol. The van der Waals surface area contributed by atoms with Gasteiger partial charge in [-0.05, 0) is 18.8 Å². The zero-order valence-electron chi connectivity index (χ0n) is 8.89. The van der Waals surface area contributed by atoms with E-state index in [2.05, 4.69) is 5.43 Å². The standard InChI is InChI=1S/C9H17N3O3/c1-11(5-6-12(13)14)10-4-2-9-3-7-15-8-9/h5-6,9-10H,2-4,7-8H2,1H3/b6-5+. The number of nitro groups is 1. The molecular weight excluding hydrogens is 198 g/mol. The average Bonchev–Trinajstić information content (AvgIpc) is 2.67. The number of rotatable bonds is 6. The summed E-state index contributed by atoms with van der Waals surface area (Å²) in [6, 6.07) is 0. The SMILES string of the molecule is CN(/C=C/[N+](=O)[O-])NCCC1CCOC1. The fourth-order valence-electron chi connectivity index (χ4n) is 1.46. The van der Waals surface area contributed by atoms with Gasteiger partial charge in [-0.15, -0.1) is 0 Å². The number of nitrogens with one attached hydrogen (secondary N) is 1. The van der Waals surface area contributed by atoms with Gasteiger partial charge in [0.1, 0.15) is 0 Å². The Morgan fingerprint density at radius 3 is 3.13 bits per heavy atom. The first-order valence-corrected chi connectivity index (χ1v) is 5.04. The molecule has 1 atom stereocenters. The lowest BCUT2D eigenvalue weighted by Gasteiger charge is -2.15. The zero-order chi connectivity index (χ0) is 11.1. The molecule has 1 N–H and O–H groups in total. The van der Waals surface area contributed by atoms with E-state index in [1.54, 1.807) is 12.1 Å². The molecule has 0 aromatic heterocycles. The van der Waals surface area contributed by atoms with Crippen LogP contribution in [0.2, 0.25) is 0 Å². The van der Waals surface area contributed by atoms with Crippen LogP contribution in [0, 0.1) is 16.0 Å². The van der Waals surface area contributed by atoms with E-state index in [0.717, 1.165) is 38.8 Å². The van der Waals surface area contributed by atoms with Gasteiger partial charge in [0.05, 0.1) is 11.1 Å². The van der Waals surface area contributed by atoms with Crippen LogP contribution in [0.15, 0.2) is 12.4 Å². The quantitative estimate of drug-likeness (QED) is 0.519. The predicted octanol–water partition coefficient (Wildman–Crippen LogP) is 0.597. The summed E-state index contributed by atoms with van der Waals surface area (Å²) in [5, 5.41) is 11.6. The van der Waals surface area contributed by atoms with Gasteiger partial charge >= 0.3 is 0 Å². The second kappa shape index (κ2) is 6.36. The van der Waals surface area contributed by atoms with Gasteiger partial charge in [-0.25, -0.2) is 5.43 Å². The topological polar surface area (TPSA) is 67.6 Å². The molecule has 0 bridgehead atoms. The van der Waals surface area contributed by atoms with Crippen LogP contribution in [-0.2, 0) is 4.74 Å². The molecule has 0 aromatic carbocycles. The summed E-state index contributed by atoms with van der Waals surface area (Å²) in [7, 11) is 1.74. The van der Waals surface area contributed by atoms with Crippen molar-refractivity contribution >= 4 is 0 Å². The maximum absolute atomic E-state index is 10.0. The molecule has 0 amide bonds. The zero-order valence-corrected chi connectivity index (χ0v) is 8.89. The van der Waals surface area contributed by atoms with Crippen LogP contribution in [0.4, 0.5) is 0 Å². The number of hydrazine groups is 1. The van der Waals surface area contributed by atoms with Crippen LogP contribution in [0.25, 0.3) is 0 Å². The van der Waals surface area contributed by atoms with Crippen molar-refractivity contribution in [2.75, 3.05) is 26.8 Å². The molecule has 1 aliphatic rings. The Kier molecular flexibility index (Phi) is 5.06. The Bertz CT molecular complexity index is 227. The third-order valence-corrected chi connectivity index (χ3v) is 2.35. The van der Waals surface area contributed by atoms with Gasteiger partial charge < -0.3 is 9.75 Å². The second-order valence-electron chi connectivity index (χ2n) is 3.62. The first kappa shape index (κ1) is 11.9. The van der Waals surface area contributed by atoms with Crippen molar-refractivity contribution in [2.45, 2.75) is 12.8 Å². The van der Waals surface area contributed by atoms with Gasteiger partial charge in [0.2, 0.25) is 0 Å². The van der Waals surface area contributed by atoms with Crippen LogP contribution < -0.4 is 5.43 Å². The Morgan fingerprint density at radius 2 is 2.53 bits per heavy atom. The van der Waals surface area contributed by atoms with E-state index in [1.165, 1.54) is 6.20 Å². The molecule has 0 saturated carbocycles. The molecule has 1 saturated heterocycles. The molecule has 1 fully saturated rings. The van der Waals surface area contributed by atoms with Crippen LogP contribution in [0.3, 0.4) is 0 Å². The van der Waals surface area contributed by atoms with Crippen molar-refractivity contribution in [3.63, 3.8) is 0 Å². The second-order valence-corrected chi connectivity index (χ2v) is 3.62. The van der Waals surface area contributed by atoms with Crippen molar-refractivity contribution in [1.82, 2.24) is 10.4 Å². The Hall–Kier alpha value is -1.14. The van der Waals surface area contributed by atoms with Crippen molar-refractivity contribution in [1.29, 1.82) is 0 Å². The average molecular weight is 215 g/mol. The molecule has 1 rings (SSSR count). The highest BCUT2D eigenvalue weighted by Crippen LogP contribution is 2.15. The fourth-order valence-corrected chi connectivity index (χ4v) is 1.46. The van der Waals surface area contributed by atoms with Crippen LogP contribution in [-0.4, -0.2) is 36.7 Å². The first-order valence-electron chi connectivity index (χ1n) is 5.04. The molecule has 0 radical (unpaired) electrons. The van der Waals surface area contributed by atoms with E-state index >= 15 is 0 Å². The van der Waals surface area contributed by atoms with Gasteiger partial charge in [-0.3, -0.25) is 10.1 Å². The highest BCUT2D eigenvalue weighted by molar-refractivity contribution is 4.70.